The zero-order valence-corrected chi connectivity index (χ0v) is 10.8. The number of rotatable bonds is 4. The zero-order valence-electron chi connectivity index (χ0n) is 10.8. The van der Waals surface area contributed by atoms with Crippen LogP contribution in [-0.2, 0) is 11.2 Å². The molecule has 1 aliphatic carbocycles. The Morgan fingerprint density at radius 3 is 2.89 bits per heavy atom. The first kappa shape index (κ1) is 13.1. The highest BCUT2D eigenvalue weighted by Crippen LogP contribution is 2.31. The molecule has 0 spiro atoms. The van der Waals surface area contributed by atoms with Crippen molar-refractivity contribution >= 4 is 5.91 Å². The number of aliphatic hydroxyl groups excluding tert-OH is 1. The number of aliphatic hydroxyl groups is 1. The highest BCUT2D eigenvalue weighted by atomic mass is 16.3. The number of aromatic amines is 1. The van der Waals surface area contributed by atoms with Crippen LogP contribution in [0, 0.1) is 5.92 Å². The summed E-state index contributed by atoms with van der Waals surface area (Å²) in [6, 6.07) is 1.79. The van der Waals surface area contributed by atoms with Gasteiger partial charge in [-0.15, -0.1) is 0 Å². The summed E-state index contributed by atoms with van der Waals surface area (Å²) in [5.74, 6) is 0.636. The Morgan fingerprint density at radius 1 is 1.61 bits per heavy atom. The van der Waals surface area contributed by atoms with Crippen LogP contribution < -0.4 is 5.32 Å². The van der Waals surface area contributed by atoms with Crippen LogP contribution in [0.1, 0.15) is 38.3 Å². The fourth-order valence-corrected chi connectivity index (χ4v) is 2.53. The molecular weight excluding hydrogens is 230 g/mol. The van der Waals surface area contributed by atoms with Crippen molar-refractivity contribution in [1.82, 2.24) is 15.5 Å². The first-order valence-corrected chi connectivity index (χ1v) is 6.54. The third kappa shape index (κ3) is 3.10. The third-order valence-electron chi connectivity index (χ3n) is 3.85. The molecule has 1 aliphatic rings. The van der Waals surface area contributed by atoms with E-state index in [4.69, 9.17) is 0 Å². The van der Waals surface area contributed by atoms with E-state index >= 15 is 0 Å². The molecule has 0 unspecified atom stereocenters. The number of carbonyl (C=O) groups is 1. The summed E-state index contributed by atoms with van der Waals surface area (Å²) in [6.07, 6.45) is 5.76. The van der Waals surface area contributed by atoms with E-state index in [2.05, 4.69) is 22.4 Å². The lowest BCUT2D eigenvalue weighted by molar-refractivity contribution is -0.123. The van der Waals surface area contributed by atoms with Crippen LogP contribution in [0.5, 0.6) is 0 Å². The molecular formula is C13H21N3O2. The Labute approximate surface area is 107 Å². The molecule has 1 saturated carbocycles. The van der Waals surface area contributed by atoms with E-state index in [9.17, 15) is 9.90 Å². The normalized spacial score (nSPS) is 28.0. The topological polar surface area (TPSA) is 78.0 Å². The Bertz CT molecular complexity index is 381. The summed E-state index contributed by atoms with van der Waals surface area (Å²) in [7, 11) is 0. The van der Waals surface area contributed by atoms with E-state index in [-0.39, 0.29) is 18.9 Å². The van der Waals surface area contributed by atoms with Gasteiger partial charge in [0.25, 0.3) is 0 Å². The Hall–Kier alpha value is -1.36. The first-order valence-electron chi connectivity index (χ1n) is 6.54. The minimum Gasteiger partial charge on any atom is -0.394 e. The second kappa shape index (κ2) is 5.52. The maximum absolute atomic E-state index is 12.0. The summed E-state index contributed by atoms with van der Waals surface area (Å²) in [5.41, 5.74) is 0.383. The van der Waals surface area contributed by atoms with Crippen LogP contribution in [0.4, 0.5) is 0 Å². The summed E-state index contributed by atoms with van der Waals surface area (Å²) >= 11 is 0. The van der Waals surface area contributed by atoms with Gasteiger partial charge in [-0.25, -0.2) is 0 Å². The molecule has 2 rings (SSSR count). The molecule has 5 nitrogen and oxygen atoms in total. The van der Waals surface area contributed by atoms with Gasteiger partial charge in [-0.05, 0) is 37.7 Å². The predicted octanol–water partition coefficient (Wildman–Crippen LogP) is 1.01. The predicted molar refractivity (Wildman–Crippen MR) is 67.9 cm³/mol. The second-order valence-corrected chi connectivity index (χ2v) is 5.43. The number of hydrogen-bond donors (Lipinski definition) is 3. The average Bonchev–Trinajstić information content (AvgIpc) is 2.85. The Kier molecular flexibility index (Phi) is 4.01. The van der Waals surface area contributed by atoms with E-state index < -0.39 is 5.54 Å². The van der Waals surface area contributed by atoms with Gasteiger partial charge in [-0.3, -0.25) is 9.89 Å². The molecule has 1 amide bonds. The van der Waals surface area contributed by atoms with Crippen LogP contribution in [0.3, 0.4) is 0 Å². The van der Waals surface area contributed by atoms with Crippen molar-refractivity contribution in [1.29, 1.82) is 0 Å². The zero-order chi connectivity index (χ0) is 13.0. The van der Waals surface area contributed by atoms with Crippen molar-refractivity contribution in [2.75, 3.05) is 6.61 Å². The molecule has 0 atom stereocenters. The standard InChI is InChI=1S/C13H21N3O2/c1-10-2-5-13(9-17,6-3-10)15-12(18)8-11-4-7-14-16-11/h4,7,10,17H,2-3,5-6,8-9H2,1H3,(H,14,16)(H,15,18). The van der Waals surface area contributed by atoms with Gasteiger partial charge in [-0.2, -0.15) is 5.10 Å². The quantitative estimate of drug-likeness (QED) is 0.747. The van der Waals surface area contributed by atoms with Gasteiger partial charge >= 0.3 is 0 Å². The number of nitrogens with one attached hydrogen (secondary N) is 2. The molecule has 1 aromatic rings. The minimum absolute atomic E-state index is 0.0223. The third-order valence-corrected chi connectivity index (χ3v) is 3.85. The molecule has 0 radical (unpaired) electrons. The van der Waals surface area contributed by atoms with E-state index in [1.807, 2.05) is 0 Å². The van der Waals surface area contributed by atoms with Crippen molar-refractivity contribution in [2.24, 2.45) is 5.92 Å². The van der Waals surface area contributed by atoms with Crippen LogP contribution in [0.15, 0.2) is 12.3 Å². The Morgan fingerprint density at radius 2 is 2.33 bits per heavy atom. The molecule has 18 heavy (non-hydrogen) atoms. The number of H-pyrrole nitrogens is 1. The summed E-state index contributed by atoms with van der Waals surface area (Å²) in [4.78, 5) is 12.0. The van der Waals surface area contributed by atoms with Gasteiger partial charge in [-0.1, -0.05) is 6.92 Å². The van der Waals surface area contributed by atoms with Crippen LogP contribution in [0.25, 0.3) is 0 Å². The molecule has 0 saturated heterocycles. The van der Waals surface area contributed by atoms with Crippen LogP contribution >= 0.6 is 0 Å². The molecule has 1 heterocycles. The number of nitrogens with zero attached hydrogens (tertiary/aromatic N) is 1. The van der Waals surface area contributed by atoms with Crippen molar-refractivity contribution in [3.8, 4) is 0 Å². The van der Waals surface area contributed by atoms with Crippen molar-refractivity contribution in [3.63, 3.8) is 0 Å². The highest BCUT2D eigenvalue weighted by molar-refractivity contribution is 5.78. The van der Waals surface area contributed by atoms with Gasteiger partial charge < -0.3 is 10.4 Å². The van der Waals surface area contributed by atoms with Gasteiger partial charge in [0.15, 0.2) is 0 Å². The molecule has 1 fully saturated rings. The van der Waals surface area contributed by atoms with Crippen molar-refractivity contribution in [3.05, 3.63) is 18.0 Å². The minimum atomic E-state index is -0.413. The number of carbonyl (C=O) groups excluding carboxylic acids is 1. The molecule has 3 N–H and O–H groups in total. The summed E-state index contributed by atoms with van der Waals surface area (Å²) in [6.45, 7) is 2.24. The lowest BCUT2D eigenvalue weighted by Gasteiger charge is -2.38. The fourth-order valence-electron chi connectivity index (χ4n) is 2.53. The lowest BCUT2D eigenvalue weighted by atomic mass is 9.77. The van der Waals surface area contributed by atoms with E-state index in [0.29, 0.717) is 5.92 Å². The fraction of sp³-hybridized carbons (Fsp3) is 0.692. The summed E-state index contributed by atoms with van der Waals surface area (Å²) < 4.78 is 0. The monoisotopic (exact) mass is 251 g/mol. The van der Waals surface area contributed by atoms with Crippen molar-refractivity contribution < 1.29 is 9.90 Å². The number of amides is 1. The highest BCUT2D eigenvalue weighted by Gasteiger charge is 2.34. The molecule has 0 aromatic carbocycles. The van der Waals surface area contributed by atoms with Crippen molar-refractivity contribution in [2.45, 2.75) is 44.6 Å². The lowest BCUT2D eigenvalue weighted by Crippen LogP contribution is -2.53. The smallest absolute Gasteiger partial charge is 0.226 e. The van der Waals surface area contributed by atoms with Gasteiger partial charge in [0, 0.05) is 11.9 Å². The van der Waals surface area contributed by atoms with E-state index in [0.717, 1.165) is 31.4 Å². The average molecular weight is 251 g/mol. The Balaban J connectivity index is 1.91. The van der Waals surface area contributed by atoms with Gasteiger partial charge in [0.2, 0.25) is 5.91 Å². The maximum atomic E-state index is 12.0. The van der Waals surface area contributed by atoms with Gasteiger partial charge in [0.1, 0.15) is 0 Å². The molecule has 100 valence electrons. The summed E-state index contributed by atoms with van der Waals surface area (Å²) in [5, 5.41) is 19.2. The second-order valence-electron chi connectivity index (χ2n) is 5.43. The number of hydrogen-bond acceptors (Lipinski definition) is 3. The SMILES string of the molecule is CC1CCC(CO)(NC(=O)Cc2ccn[nH]2)CC1. The molecule has 5 heteroatoms. The van der Waals surface area contributed by atoms with Crippen LogP contribution in [0.2, 0.25) is 0 Å². The molecule has 1 aromatic heterocycles. The van der Waals surface area contributed by atoms with Crippen LogP contribution in [-0.4, -0.2) is 33.4 Å². The maximum Gasteiger partial charge on any atom is 0.226 e. The van der Waals surface area contributed by atoms with E-state index in [1.165, 1.54) is 0 Å². The largest absolute Gasteiger partial charge is 0.394 e. The van der Waals surface area contributed by atoms with E-state index in [1.54, 1.807) is 12.3 Å². The number of aromatic nitrogens is 2. The van der Waals surface area contributed by atoms with Gasteiger partial charge in [0.05, 0.1) is 18.6 Å². The molecule has 0 bridgehead atoms. The first-order chi connectivity index (χ1) is 8.63. The molecule has 0 aliphatic heterocycles.